The van der Waals surface area contributed by atoms with Gasteiger partial charge < -0.3 is 25.8 Å². The first kappa shape index (κ1) is 24.8. The molecule has 6 rings (SSSR count). The molecule has 3 atom stereocenters. The third-order valence-electron chi connectivity index (χ3n) is 8.57. The predicted octanol–water partition coefficient (Wildman–Crippen LogP) is 4.40. The fourth-order valence-electron chi connectivity index (χ4n) is 6.64. The molecule has 0 saturated carbocycles. The molecule has 1 amide bonds. The van der Waals surface area contributed by atoms with Crippen LogP contribution >= 0.6 is 0 Å². The molecule has 4 N–H and O–H groups in total. The first-order chi connectivity index (χ1) is 18.5. The smallest absolute Gasteiger partial charge is 0.237 e. The molecule has 0 saturated heterocycles. The number of amides is 1. The number of ether oxygens (including phenoxy) is 1. The van der Waals surface area contributed by atoms with Crippen LogP contribution in [0.4, 0.5) is 5.69 Å². The monoisotopic (exact) mass is 511 g/mol. The van der Waals surface area contributed by atoms with Crippen LogP contribution in [0.25, 0.3) is 0 Å². The maximum atomic E-state index is 13.5. The standard InChI is InChI=1S/C32H37N3O3/c1-19-11-25(36)16-23-7-9-34-31(18-27(19)23)32(37)35-30-8-10-33-29-6-3-20(15-28(29)30)12-21-13-22-4-5-26(38-2)17-24(22)14-21/h3-6,11,15-17,21,30-31,33-34,36H,7-10,12-14,18H2,1-2H3,(H,35,37). The van der Waals surface area contributed by atoms with Crippen molar-refractivity contribution in [1.82, 2.24) is 10.6 Å². The highest BCUT2D eigenvalue weighted by Crippen LogP contribution is 2.35. The quantitative estimate of drug-likeness (QED) is 0.408. The van der Waals surface area contributed by atoms with Gasteiger partial charge in [0.05, 0.1) is 19.2 Å². The lowest BCUT2D eigenvalue weighted by atomic mass is 9.91. The topological polar surface area (TPSA) is 82.6 Å². The third-order valence-corrected chi connectivity index (χ3v) is 8.57. The molecule has 0 bridgehead atoms. The lowest BCUT2D eigenvalue weighted by Gasteiger charge is -2.30. The van der Waals surface area contributed by atoms with E-state index in [9.17, 15) is 9.90 Å². The lowest BCUT2D eigenvalue weighted by Crippen LogP contribution is -2.47. The number of nitrogens with one attached hydrogen (secondary N) is 3. The Morgan fingerprint density at radius 3 is 2.76 bits per heavy atom. The number of aryl methyl sites for hydroxylation is 1. The summed E-state index contributed by atoms with van der Waals surface area (Å²) in [6.07, 6.45) is 5.52. The Hall–Kier alpha value is -3.51. The Bertz CT molecular complexity index is 1370. The summed E-state index contributed by atoms with van der Waals surface area (Å²) in [5.74, 6) is 1.86. The highest BCUT2D eigenvalue weighted by molar-refractivity contribution is 5.83. The van der Waals surface area contributed by atoms with Crippen molar-refractivity contribution in [3.05, 3.63) is 87.5 Å². The molecule has 0 fully saturated rings. The van der Waals surface area contributed by atoms with Crippen molar-refractivity contribution >= 4 is 11.6 Å². The van der Waals surface area contributed by atoms with Crippen molar-refractivity contribution in [3.63, 3.8) is 0 Å². The average molecular weight is 512 g/mol. The molecule has 6 nitrogen and oxygen atoms in total. The van der Waals surface area contributed by atoms with E-state index < -0.39 is 0 Å². The number of aromatic hydroxyl groups is 1. The zero-order valence-electron chi connectivity index (χ0n) is 22.3. The molecule has 38 heavy (non-hydrogen) atoms. The summed E-state index contributed by atoms with van der Waals surface area (Å²) in [6, 6.07) is 16.5. The van der Waals surface area contributed by atoms with Crippen LogP contribution in [0.15, 0.2) is 48.5 Å². The van der Waals surface area contributed by atoms with E-state index in [1.807, 2.05) is 13.0 Å². The van der Waals surface area contributed by atoms with Gasteiger partial charge in [-0.15, -0.1) is 0 Å². The van der Waals surface area contributed by atoms with Gasteiger partial charge in [0.25, 0.3) is 0 Å². The van der Waals surface area contributed by atoms with Crippen molar-refractivity contribution in [1.29, 1.82) is 0 Å². The second-order valence-electron chi connectivity index (χ2n) is 11.2. The molecule has 0 spiro atoms. The normalized spacial score (nSPS) is 21.9. The zero-order chi connectivity index (χ0) is 26.2. The lowest BCUT2D eigenvalue weighted by molar-refractivity contribution is -0.123. The van der Waals surface area contributed by atoms with Crippen LogP contribution in [-0.4, -0.2) is 37.3 Å². The van der Waals surface area contributed by atoms with Gasteiger partial charge in [-0.2, -0.15) is 0 Å². The van der Waals surface area contributed by atoms with Crippen LogP contribution in [0.5, 0.6) is 11.5 Å². The van der Waals surface area contributed by atoms with E-state index >= 15 is 0 Å². The summed E-state index contributed by atoms with van der Waals surface area (Å²) in [7, 11) is 1.72. The highest BCUT2D eigenvalue weighted by Gasteiger charge is 2.29. The van der Waals surface area contributed by atoms with Crippen molar-refractivity contribution < 1.29 is 14.6 Å². The number of hydrogen-bond donors (Lipinski definition) is 4. The number of carbonyl (C=O) groups excluding carboxylic acids is 1. The van der Waals surface area contributed by atoms with E-state index in [0.717, 1.165) is 67.8 Å². The molecule has 3 aromatic carbocycles. The number of carbonyl (C=O) groups is 1. The first-order valence-corrected chi connectivity index (χ1v) is 13.8. The molecule has 3 aromatic rings. The van der Waals surface area contributed by atoms with E-state index in [1.165, 1.54) is 27.8 Å². The molecule has 3 unspecified atom stereocenters. The number of benzene rings is 3. The van der Waals surface area contributed by atoms with Gasteiger partial charge in [0.15, 0.2) is 0 Å². The molecule has 6 heteroatoms. The average Bonchev–Trinajstić information content (AvgIpc) is 3.17. The summed E-state index contributed by atoms with van der Waals surface area (Å²) >= 11 is 0. The van der Waals surface area contributed by atoms with E-state index in [1.54, 1.807) is 13.2 Å². The van der Waals surface area contributed by atoms with Gasteiger partial charge in [0.1, 0.15) is 11.5 Å². The zero-order valence-corrected chi connectivity index (χ0v) is 22.3. The minimum atomic E-state index is -0.282. The SMILES string of the molecule is COc1ccc2c(c1)CC(Cc1ccc3c(c1)C(NC(=O)C1Cc4c(C)cc(O)cc4CCN1)CCN3)C2. The second-order valence-corrected chi connectivity index (χ2v) is 11.2. The Balaban J connectivity index is 1.15. The minimum Gasteiger partial charge on any atom is -0.508 e. The Kier molecular flexibility index (Phi) is 6.75. The number of phenolic OH excluding ortho intramolecular Hbond substituents is 1. The molecule has 0 radical (unpaired) electrons. The van der Waals surface area contributed by atoms with E-state index in [0.29, 0.717) is 18.1 Å². The molecule has 0 aromatic heterocycles. The molecule has 2 heterocycles. The summed E-state index contributed by atoms with van der Waals surface area (Å²) in [4.78, 5) is 13.5. The van der Waals surface area contributed by atoms with Gasteiger partial charge in [-0.25, -0.2) is 0 Å². The number of phenols is 1. The fourth-order valence-corrected chi connectivity index (χ4v) is 6.64. The summed E-state index contributed by atoms with van der Waals surface area (Å²) in [5, 5.41) is 20.4. The van der Waals surface area contributed by atoms with Crippen LogP contribution in [0.3, 0.4) is 0 Å². The summed E-state index contributed by atoms with van der Waals surface area (Å²) < 4.78 is 5.42. The van der Waals surface area contributed by atoms with Gasteiger partial charge in [0, 0.05) is 12.2 Å². The molecule has 1 aliphatic carbocycles. The van der Waals surface area contributed by atoms with Crippen molar-refractivity contribution in [3.8, 4) is 11.5 Å². The number of rotatable bonds is 5. The summed E-state index contributed by atoms with van der Waals surface area (Å²) in [6.45, 7) is 3.58. The molecule has 198 valence electrons. The van der Waals surface area contributed by atoms with Crippen LogP contribution in [0, 0.1) is 12.8 Å². The maximum Gasteiger partial charge on any atom is 0.237 e. The Morgan fingerprint density at radius 1 is 1.03 bits per heavy atom. The number of fused-ring (bicyclic) bond motifs is 3. The Morgan fingerprint density at radius 2 is 1.89 bits per heavy atom. The van der Waals surface area contributed by atoms with Crippen molar-refractivity contribution in [2.24, 2.45) is 5.92 Å². The highest BCUT2D eigenvalue weighted by atomic mass is 16.5. The molecule has 2 aliphatic heterocycles. The number of hydrogen-bond acceptors (Lipinski definition) is 5. The van der Waals surface area contributed by atoms with Crippen molar-refractivity contribution in [2.75, 3.05) is 25.5 Å². The molecular weight excluding hydrogens is 474 g/mol. The molecule has 3 aliphatic rings. The predicted molar refractivity (Wildman–Crippen MR) is 150 cm³/mol. The van der Waals surface area contributed by atoms with E-state index in [2.05, 4.69) is 52.3 Å². The van der Waals surface area contributed by atoms with Gasteiger partial charge in [0.2, 0.25) is 5.91 Å². The van der Waals surface area contributed by atoms with Crippen LogP contribution < -0.4 is 20.7 Å². The minimum absolute atomic E-state index is 0.00539. The fraction of sp³-hybridized carbons (Fsp3) is 0.406. The van der Waals surface area contributed by atoms with Gasteiger partial charge in [-0.1, -0.05) is 18.2 Å². The van der Waals surface area contributed by atoms with Crippen LogP contribution in [0.1, 0.15) is 51.4 Å². The van der Waals surface area contributed by atoms with Gasteiger partial charge in [-0.05, 0) is 127 Å². The number of anilines is 1. The van der Waals surface area contributed by atoms with E-state index in [4.69, 9.17) is 4.74 Å². The summed E-state index contributed by atoms with van der Waals surface area (Å²) in [5.41, 5.74) is 9.83. The van der Waals surface area contributed by atoms with E-state index in [-0.39, 0.29) is 18.0 Å². The maximum absolute atomic E-state index is 13.5. The van der Waals surface area contributed by atoms with Gasteiger partial charge in [-0.3, -0.25) is 4.79 Å². The Labute approximate surface area is 224 Å². The first-order valence-electron chi connectivity index (χ1n) is 13.8. The third kappa shape index (κ3) is 4.97. The number of methoxy groups -OCH3 is 1. The van der Waals surface area contributed by atoms with Crippen LogP contribution in [0.2, 0.25) is 0 Å². The van der Waals surface area contributed by atoms with Crippen LogP contribution in [-0.2, 0) is 36.9 Å². The van der Waals surface area contributed by atoms with Crippen molar-refractivity contribution in [2.45, 2.75) is 57.5 Å². The molecular formula is C32H37N3O3. The largest absolute Gasteiger partial charge is 0.508 e. The van der Waals surface area contributed by atoms with Gasteiger partial charge >= 0.3 is 0 Å². The second kappa shape index (κ2) is 10.3.